The minimum Gasteiger partial charge on any atom is -0.349 e. The summed E-state index contributed by atoms with van der Waals surface area (Å²) in [4.78, 5) is 22.3. The lowest BCUT2D eigenvalue weighted by molar-refractivity contribution is 0.0884. The molecule has 0 aliphatic carbocycles. The number of carbonyl (C=O) groups is 1. The Labute approximate surface area is 123 Å². The Morgan fingerprint density at radius 2 is 2.14 bits per heavy atom. The van der Waals surface area contributed by atoms with Crippen molar-refractivity contribution in [3.63, 3.8) is 0 Å². The number of amides is 1. The molecule has 0 spiro atoms. The van der Waals surface area contributed by atoms with Gasteiger partial charge in [0.1, 0.15) is 5.65 Å². The number of nitrogens with zero attached hydrogens (tertiary/aromatic N) is 2. The van der Waals surface area contributed by atoms with E-state index in [9.17, 15) is 4.79 Å². The summed E-state index contributed by atoms with van der Waals surface area (Å²) in [7, 11) is 2.21. The molecule has 2 saturated heterocycles. The first-order chi connectivity index (χ1) is 10.2. The van der Waals surface area contributed by atoms with Crippen LogP contribution in [0.5, 0.6) is 0 Å². The molecule has 5 heteroatoms. The fourth-order valence-electron chi connectivity index (χ4n) is 3.94. The van der Waals surface area contributed by atoms with Crippen molar-refractivity contribution in [1.29, 1.82) is 0 Å². The lowest BCUT2D eigenvalue weighted by Crippen LogP contribution is -2.48. The van der Waals surface area contributed by atoms with Gasteiger partial charge in [0.05, 0.1) is 5.56 Å². The number of piperidine rings is 1. The van der Waals surface area contributed by atoms with E-state index in [4.69, 9.17) is 0 Å². The number of fused-ring (bicyclic) bond motifs is 3. The molecule has 110 valence electrons. The second-order valence-electron chi connectivity index (χ2n) is 6.29. The first-order valence-corrected chi connectivity index (χ1v) is 7.67. The van der Waals surface area contributed by atoms with Crippen LogP contribution in [0.2, 0.25) is 0 Å². The second-order valence-corrected chi connectivity index (χ2v) is 6.29. The topological polar surface area (TPSA) is 61.0 Å². The molecule has 2 bridgehead atoms. The van der Waals surface area contributed by atoms with E-state index in [1.165, 1.54) is 12.8 Å². The van der Waals surface area contributed by atoms with Crippen LogP contribution in [0.15, 0.2) is 24.5 Å². The van der Waals surface area contributed by atoms with Crippen molar-refractivity contribution < 1.29 is 4.79 Å². The average molecular weight is 284 g/mol. The van der Waals surface area contributed by atoms with Gasteiger partial charge in [-0.15, -0.1) is 0 Å². The van der Waals surface area contributed by atoms with Crippen LogP contribution in [0.25, 0.3) is 11.0 Å². The van der Waals surface area contributed by atoms with E-state index in [0.717, 1.165) is 23.9 Å². The second kappa shape index (κ2) is 4.84. The third-order valence-electron chi connectivity index (χ3n) is 5.13. The maximum Gasteiger partial charge on any atom is 0.253 e. The lowest BCUT2D eigenvalue weighted by Gasteiger charge is -2.36. The van der Waals surface area contributed by atoms with Crippen LogP contribution in [0.3, 0.4) is 0 Å². The van der Waals surface area contributed by atoms with Crippen LogP contribution in [0, 0.1) is 0 Å². The van der Waals surface area contributed by atoms with E-state index in [1.807, 2.05) is 12.1 Å². The zero-order valence-electron chi connectivity index (χ0n) is 12.2. The lowest BCUT2D eigenvalue weighted by atomic mass is 9.97. The SMILES string of the molecule is CN1C2CCC1CC(NC(=O)c1c[nH]c3ncccc13)C2. The third kappa shape index (κ3) is 2.12. The van der Waals surface area contributed by atoms with Crippen molar-refractivity contribution in [3.8, 4) is 0 Å². The highest BCUT2D eigenvalue weighted by atomic mass is 16.1. The molecule has 2 N–H and O–H groups in total. The van der Waals surface area contributed by atoms with E-state index in [0.29, 0.717) is 23.7 Å². The van der Waals surface area contributed by atoms with Gasteiger partial charge in [-0.3, -0.25) is 4.79 Å². The smallest absolute Gasteiger partial charge is 0.253 e. The Kier molecular flexibility index (Phi) is 2.96. The number of hydrogen-bond donors (Lipinski definition) is 2. The molecule has 2 fully saturated rings. The maximum absolute atomic E-state index is 12.5. The molecular weight excluding hydrogens is 264 g/mol. The molecule has 1 amide bonds. The summed E-state index contributed by atoms with van der Waals surface area (Å²) in [6.45, 7) is 0. The van der Waals surface area contributed by atoms with E-state index >= 15 is 0 Å². The van der Waals surface area contributed by atoms with Crippen molar-refractivity contribution in [1.82, 2.24) is 20.2 Å². The molecule has 0 saturated carbocycles. The molecule has 2 aromatic heterocycles. The highest BCUT2D eigenvalue weighted by molar-refractivity contribution is 6.05. The summed E-state index contributed by atoms with van der Waals surface area (Å²) in [5.41, 5.74) is 1.47. The zero-order chi connectivity index (χ0) is 14.4. The Morgan fingerprint density at radius 1 is 1.38 bits per heavy atom. The molecule has 2 aliphatic rings. The highest BCUT2D eigenvalue weighted by Crippen LogP contribution is 2.34. The summed E-state index contributed by atoms with van der Waals surface area (Å²) in [5, 5.41) is 4.12. The van der Waals surface area contributed by atoms with Gasteiger partial charge >= 0.3 is 0 Å². The average Bonchev–Trinajstić information content (AvgIpc) is 2.98. The van der Waals surface area contributed by atoms with E-state index in [-0.39, 0.29) is 5.91 Å². The van der Waals surface area contributed by atoms with E-state index < -0.39 is 0 Å². The van der Waals surface area contributed by atoms with Crippen molar-refractivity contribution in [2.75, 3.05) is 7.05 Å². The molecular formula is C16H20N4O. The summed E-state index contributed by atoms with van der Waals surface area (Å²) >= 11 is 0. The van der Waals surface area contributed by atoms with Gasteiger partial charge in [-0.2, -0.15) is 0 Å². The predicted molar refractivity (Wildman–Crippen MR) is 81.2 cm³/mol. The molecule has 21 heavy (non-hydrogen) atoms. The molecule has 4 rings (SSSR count). The van der Waals surface area contributed by atoms with Crippen LogP contribution < -0.4 is 5.32 Å². The number of pyridine rings is 1. The fourth-order valence-corrected chi connectivity index (χ4v) is 3.94. The maximum atomic E-state index is 12.5. The van der Waals surface area contributed by atoms with Crippen LogP contribution in [0.4, 0.5) is 0 Å². The Hall–Kier alpha value is -1.88. The van der Waals surface area contributed by atoms with Crippen molar-refractivity contribution in [2.45, 2.75) is 43.8 Å². The number of rotatable bonds is 2. The normalized spacial score (nSPS) is 28.9. The van der Waals surface area contributed by atoms with Gasteiger partial charge in [0.2, 0.25) is 0 Å². The number of carbonyl (C=O) groups excluding carboxylic acids is 1. The molecule has 0 radical (unpaired) electrons. The zero-order valence-corrected chi connectivity index (χ0v) is 12.2. The molecule has 2 unspecified atom stereocenters. The first-order valence-electron chi connectivity index (χ1n) is 7.67. The minimum absolute atomic E-state index is 0.0169. The molecule has 5 nitrogen and oxygen atoms in total. The first kappa shape index (κ1) is 12.8. The van der Waals surface area contributed by atoms with Gasteiger partial charge in [0.15, 0.2) is 0 Å². The Balaban J connectivity index is 1.51. The van der Waals surface area contributed by atoms with Gasteiger partial charge in [-0.1, -0.05) is 0 Å². The Morgan fingerprint density at radius 3 is 2.90 bits per heavy atom. The highest BCUT2D eigenvalue weighted by Gasteiger charge is 2.38. The van der Waals surface area contributed by atoms with Crippen molar-refractivity contribution in [2.24, 2.45) is 0 Å². The number of aromatic amines is 1. The van der Waals surface area contributed by atoms with Crippen LogP contribution in [-0.2, 0) is 0 Å². The van der Waals surface area contributed by atoms with Crippen molar-refractivity contribution >= 4 is 16.9 Å². The monoisotopic (exact) mass is 284 g/mol. The molecule has 0 aromatic carbocycles. The molecule has 4 heterocycles. The minimum atomic E-state index is 0.0169. The van der Waals surface area contributed by atoms with Gasteiger partial charge in [-0.05, 0) is 44.9 Å². The number of nitrogens with one attached hydrogen (secondary N) is 2. The molecule has 2 aromatic rings. The predicted octanol–water partition coefficient (Wildman–Crippen LogP) is 1.92. The van der Waals surface area contributed by atoms with E-state index in [2.05, 4.69) is 27.2 Å². The van der Waals surface area contributed by atoms with Gasteiger partial charge in [0.25, 0.3) is 5.91 Å². The number of aromatic nitrogens is 2. The van der Waals surface area contributed by atoms with Crippen molar-refractivity contribution in [3.05, 3.63) is 30.1 Å². The van der Waals surface area contributed by atoms with Crippen LogP contribution in [-0.4, -0.2) is 45.9 Å². The van der Waals surface area contributed by atoms with Gasteiger partial charge in [-0.25, -0.2) is 4.98 Å². The van der Waals surface area contributed by atoms with Gasteiger partial charge < -0.3 is 15.2 Å². The fraction of sp³-hybridized carbons (Fsp3) is 0.500. The van der Waals surface area contributed by atoms with E-state index in [1.54, 1.807) is 12.4 Å². The Bertz CT molecular complexity index is 666. The third-order valence-corrected chi connectivity index (χ3v) is 5.13. The van der Waals surface area contributed by atoms with Crippen LogP contribution in [0.1, 0.15) is 36.0 Å². The van der Waals surface area contributed by atoms with Crippen LogP contribution >= 0.6 is 0 Å². The summed E-state index contributed by atoms with van der Waals surface area (Å²) in [6.07, 6.45) is 8.17. The molecule has 2 atom stereocenters. The molecule has 2 aliphatic heterocycles. The summed E-state index contributed by atoms with van der Waals surface area (Å²) in [5.74, 6) is 0.0169. The number of H-pyrrole nitrogens is 1. The standard InChI is InChI=1S/C16H20N4O/c1-20-11-4-5-12(20)8-10(7-11)19-16(21)14-9-18-15-13(14)3-2-6-17-15/h2-3,6,9-12H,4-5,7-8H2,1H3,(H,17,18)(H,19,21). The summed E-state index contributed by atoms with van der Waals surface area (Å²) in [6, 6.07) is 5.37. The van der Waals surface area contributed by atoms with Gasteiger partial charge in [0, 0.05) is 35.9 Å². The quantitative estimate of drug-likeness (QED) is 0.885. The number of hydrogen-bond acceptors (Lipinski definition) is 3. The summed E-state index contributed by atoms with van der Waals surface area (Å²) < 4.78 is 0. The largest absolute Gasteiger partial charge is 0.349 e.